The molecule has 3 N–H and O–H groups in total. The summed E-state index contributed by atoms with van der Waals surface area (Å²) in [5.74, 6) is -1.80. The molecule has 0 fully saturated rings. The standard InChI is InChI=1S/C22H19F3N6OS/c1-11(2)31-20-17(9-27-22(26)29-20)28-18(21(31)32)13-7-15(24)19(16(25)8-13)30-33-10-12-3-5-14(23)6-4-12/h3-9,11,30H,10H2,1-2H3,(H2,26,27,29). The van der Waals surface area contributed by atoms with E-state index >= 15 is 0 Å². The number of hydrogen-bond donors (Lipinski definition) is 2. The molecule has 0 aliphatic rings. The van der Waals surface area contributed by atoms with Crippen molar-refractivity contribution < 1.29 is 13.2 Å². The van der Waals surface area contributed by atoms with Gasteiger partial charge >= 0.3 is 0 Å². The van der Waals surface area contributed by atoms with E-state index in [1.807, 2.05) is 0 Å². The molecule has 7 nitrogen and oxygen atoms in total. The molecule has 33 heavy (non-hydrogen) atoms. The van der Waals surface area contributed by atoms with Gasteiger partial charge in [0.05, 0.1) is 6.20 Å². The van der Waals surface area contributed by atoms with Gasteiger partial charge in [-0.2, -0.15) is 4.98 Å². The van der Waals surface area contributed by atoms with Crippen LogP contribution >= 0.6 is 11.9 Å². The van der Waals surface area contributed by atoms with Crippen molar-refractivity contribution in [3.05, 3.63) is 76.0 Å². The molecular weight excluding hydrogens is 453 g/mol. The van der Waals surface area contributed by atoms with Gasteiger partial charge in [-0.15, -0.1) is 0 Å². The van der Waals surface area contributed by atoms with Gasteiger partial charge in [0.2, 0.25) is 5.95 Å². The molecule has 0 saturated heterocycles. The maximum atomic E-state index is 14.8. The molecule has 0 unspecified atom stereocenters. The van der Waals surface area contributed by atoms with E-state index in [4.69, 9.17) is 5.73 Å². The van der Waals surface area contributed by atoms with Crippen molar-refractivity contribution in [3.63, 3.8) is 0 Å². The second-order valence-electron chi connectivity index (χ2n) is 7.50. The topological polar surface area (TPSA) is 98.7 Å². The molecule has 4 rings (SSSR count). The van der Waals surface area contributed by atoms with Gasteiger partial charge in [0.25, 0.3) is 5.56 Å². The first-order valence-corrected chi connectivity index (χ1v) is 10.9. The van der Waals surface area contributed by atoms with E-state index in [-0.39, 0.29) is 45.9 Å². The number of anilines is 2. The molecule has 11 heteroatoms. The number of nitrogens with one attached hydrogen (secondary N) is 1. The number of aromatic nitrogens is 4. The number of rotatable bonds is 6. The lowest BCUT2D eigenvalue weighted by Crippen LogP contribution is -2.26. The Hall–Kier alpha value is -3.60. The van der Waals surface area contributed by atoms with Gasteiger partial charge in [-0.05, 0) is 55.6 Å². The van der Waals surface area contributed by atoms with E-state index in [2.05, 4.69) is 19.7 Å². The number of nitrogen functional groups attached to an aromatic ring is 1. The summed E-state index contributed by atoms with van der Waals surface area (Å²) in [6.07, 6.45) is 1.36. The van der Waals surface area contributed by atoms with E-state index in [1.165, 1.54) is 22.9 Å². The lowest BCUT2D eigenvalue weighted by Gasteiger charge is -2.15. The molecular formula is C22H19F3N6OS. The van der Waals surface area contributed by atoms with Gasteiger partial charge in [0.1, 0.15) is 22.7 Å². The Bertz CT molecular complexity index is 1370. The smallest absolute Gasteiger partial charge is 0.278 e. The molecule has 0 spiro atoms. The van der Waals surface area contributed by atoms with Crippen molar-refractivity contribution >= 4 is 34.7 Å². The molecule has 2 aromatic heterocycles. The molecule has 0 bridgehead atoms. The van der Waals surface area contributed by atoms with E-state index in [0.717, 1.165) is 29.6 Å². The summed E-state index contributed by atoms with van der Waals surface area (Å²) < 4.78 is 46.6. The number of benzene rings is 2. The highest BCUT2D eigenvalue weighted by atomic mass is 32.2. The Kier molecular flexibility index (Phi) is 6.23. The number of nitrogens with two attached hydrogens (primary N) is 1. The van der Waals surface area contributed by atoms with Crippen LogP contribution in [0.25, 0.3) is 22.4 Å². The minimum atomic E-state index is -0.887. The van der Waals surface area contributed by atoms with Crippen LogP contribution in [-0.2, 0) is 5.75 Å². The SMILES string of the molecule is CC(C)n1c(=O)c(-c2cc(F)c(NSCc3ccc(F)cc3)c(F)c2)nc2cnc(N)nc21. The van der Waals surface area contributed by atoms with Crippen molar-refractivity contribution in [3.8, 4) is 11.3 Å². The fourth-order valence-corrected chi connectivity index (χ4v) is 4.03. The molecule has 0 radical (unpaired) electrons. The third-order valence-electron chi connectivity index (χ3n) is 4.81. The van der Waals surface area contributed by atoms with E-state index in [0.29, 0.717) is 5.75 Å². The number of hydrogen-bond acceptors (Lipinski definition) is 7. The molecule has 4 aromatic rings. The molecule has 2 heterocycles. The second-order valence-corrected chi connectivity index (χ2v) is 8.28. The Morgan fingerprint density at radius 2 is 1.76 bits per heavy atom. The van der Waals surface area contributed by atoms with E-state index in [9.17, 15) is 18.0 Å². The van der Waals surface area contributed by atoms with Crippen molar-refractivity contribution in [2.45, 2.75) is 25.6 Å². The summed E-state index contributed by atoms with van der Waals surface area (Å²) >= 11 is 1.05. The average Bonchev–Trinajstić information content (AvgIpc) is 2.76. The monoisotopic (exact) mass is 472 g/mol. The Labute approximate surface area is 191 Å². The molecule has 0 aliphatic heterocycles. The Morgan fingerprint density at radius 3 is 2.39 bits per heavy atom. The third-order valence-corrected chi connectivity index (χ3v) is 5.63. The highest BCUT2D eigenvalue weighted by Gasteiger charge is 2.20. The van der Waals surface area contributed by atoms with E-state index < -0.39 is 17.2 Å². The predicted octanol–water partition coefficient (Wildman–Crippen LogP) is 4.69. The predicted molar refractivity (Wildman–Crippen MR) is 123 cm³/mol. The average molecular weight is 472 g/mol. The van der Waals surface area contributed by atoms with E-state index in [1.54, 1.807) is 26.0 Å². The van der Waals surface area contributed by atoms with Gasteiger partial charge < -0.3 is 10.5 Å². The van der Waals surface area contributed by atoms with Crippen LogP contribution in [0.3, 0.4) is 0 Å². The van der Waals surface area contributed by atoms with Gasteiger partial charge in [-0.1, -0.05) is 12.1 Å². The Morgan fingerprint density at radius 1 is 1.09 bits per heavy atom. The lowest BCUT2D eigenvalue weighted by atomic mass is 10.1. The summed E-state index contributed by atoms with van der Waals surface area (Å²) in [4.78, 5) is 25.3. The highest BCUT2D eigenvalue weighted by molar-refractivity contribution is 7.99. The largest absolute Gasteiger partial charge is 0.368 e. The normalized spacial score (nSPS) is 11.3. The fourth-order valence-electron chi connectivity index (χ4n) is 3.26. The first kappa shape index (κ1) is 22.6. The third kappa shape index (κ3) is 4.63. The number of halogens is 3. The van der Waals surface area contributed by atoms with Crippen LogP contribution in [0.4, 0.5) is 24.8 Å². The zero-order chi connectivity index (χ0) is 23.7. The van der Waals surface area contributed by atoms with Gasteiger partial charge in [0, 0.05) is 17.4 Å². The summed E-state index contributed by atoms with van der Waals surface area (Å²) in [5.41, 5.74) is 5.87. The van der Waals surface area contributed by atoms with Crippen molar-refractivity contribution in [1.29, 1.82) is 0 Å². The summed E-state index contributed by atoms with van der Waals surface area (Å²) in [7, 11) is 0. The first-order chi connectivity index (χ1) is 15.7. The zero-order valence-electron chi connectivity index (χ0n) is 17.6. The van der Waals surface area contributed by atoms with Crippen molar-refractivity contribution in [2.75, 3.05) is 10.5 Å². The minimum absolute atomic E-state index is 0.0165. The zero-order valence-corrected chi connectivity index (χ0v) is 18.5. The van der Waals surface area contributed by atoms with Crippen LogP contribution in [0.5, 0.6) is 0 Å². The molecule has 0 atom stereocenters. The van der Waals surface area contributed by atoms with Gasteiger partial charge in [-0.25, -0.2) is 23.1 Å². The van der Waals surface area contributed by atoms with Crippen LogP contribution in [0.1, 0.15) is 25.5 Å². The molecule has 0 aliphatic carbocycles. The quantitative estimate of drug-likeness (QED) is 0.393. The Balaban J connectivity index is 1.67. The van der Waals surface area contributed by atoms with Gasteiger partial charge in [-0.3, -0.25) is 9.36 Å². The van der Waals surface area contributed by atoms with Gasteiger partial charge in [0.15, 0.2) is 17.3 Å². The highest BCUT2D eigenvalue weighted by Crippen LogP contribution is 2.29. The maximum absolute atomic E-state index is 14.8. The summed E-state index contributed by atoms with van der Waals surface area (Å²) in [6.45, 7) is 3.55. The number of nitrogens with zero attached hydrogens (tertiary/aromatic N) is 4. The van der Waals surface area contributed by atoms with Crippen LogP contribution in [0.15, 0.2) is 47.4 Å². The van der Waals surface area contributed by atoms with Crippen molar-refractivity contribution in [2.24, 2.45) is 0 Å². The number of fused-ring (bicyclic) bond motifs is 1. The first-order valence-electron chi connectivity index (χ1n) is 9.91. The molecule has 170 valence electrons. The molecule has 0 saturated carbocycles. The van der Waals surface area contributed by atoms with Crippen molar-refractivity contribution in [1.82, 2.24) is 19.5 Å². The fraction of sp³-hybridized carbons (Fsp3) is 0.182. The maximum Gasteiger partial charge on any atom is 0.278 e. The van der Waals surface area contributed by atoms with Crippen LogP contribution in [-0.4, -0.2) is 19.5 Å². The molecule has 2 aromatic carbocycles. The summed E-state index contributed by atoms with van der Waals surface area (Å²) in [6, 6.07) is 7.57. The second kappa shape index (κ2) is 9.10. The van der Waals surface area contributed by atoms with Crippen LogP contribution in [0, 0.1) is 17.5 Å². The minimum Gasteiger partial charge on any atom is -0.368 e. The summed E-state index contributed by atoms with van der Waals surface area (Å²) in [5, 5.41) is 0. The lowest BCUT2D eigenvalue weighted by molar-refractivity contribution is 0.589. The van der Waals surface area contributed by atoms with Crippen LogP contribution < -0.4 is 16.0 Å². The van der Waals surface area contributed by atoms with Crippen LogP contribution in [0.2, 0.25) is 0 Å². The molecule has 0 amide bonds.